The van der Waals surface area contributed by atoms with Crippen LogP contribution in [0.1, 0.15) is 48.5 Å². The standard InChI is InChI=1S/C15H21F9O2/c1-8(2,13(19,20)10(5,16)17)9(3,4)14(21)11(6,18)25-12(7,26-14)15(22,23)24/h1-7H3. The maximum absolute atomic E-state index is 15.5. The molecule has 0 N–H and O–H groups in total. The Balaban J connectivity index is 3.60. The third-order valence-electron chi connectivity index (χ3n) is 5.51. The summed E-state index contributed by atoms with van der Waals surface area (Å²) in [6, 6.07) is 0. The van der Waals surface area contributed by atoms with E-state index < -0.39 is 46.3 Å². The van der Waals surface area contributed by atoms with E-state index in [1.54, 1.807) is 0 Å². The topological polar surface area (TPSA) is 18.5 Å². The summed E-state index contributed by atoms with van der Waals surface area (Å²) in [4.78, 5) is 0. The van der Waals surface area contributed by atoms with Crippen LogP contribution in [0.3, 0.4) is 0 Å². The van der Waals surface area contributed by atoms with Crippen LogP contribution in [0.15, 0.2) is 0 Å². The minimum atomic E-state index is -5.42. The fourth-order valence-corrected chi connectivity index (χ4v) is 2.96. The lowest BCUT2D eigenvalue weighted by molar-refractivity contribution is -0.378. The van der Waals surface area contributed by atoms with Gasteiger partial charge in [-0.1, -0.05) is 27.7 Å². The minimum Gasteiger partial charge on any atom is -0.300 e. The molecule has 1 saturated heterocycles. The van der Waals surface area contributed by atoms with E-state index in [9.17, 15) is 35.1 Å². The first kappa shape index (κ1) is 23.3. The molecule has 0 aliphatic carbocycles. The predicted molar refractivity (Wildman–Crippen MR) is 73.1 cm³/mol. The van der Waals surface area contributed by atoms with E-state index in [2.05, 4.69) is 9.47 Å². The third kappa shape index (κ3) is 2.71. The quantitative estimate of drug-likeness (QED) is 0.535. The molecule has 0 bridgehead atoms. The zero-order valence-electron chi connectivity index (χ0n) is 15.2. The van der Waals surface area contributed by atoms with Gasteiger partial charge in [-0.05, 0) is 6.92 Å². The Morgan fingerprint density at radius 3 is 1.35 bits per heavy atom. The highest BCUT2D eigenvalue weighted by molar-refractivity contribution is 5.12. The molecule has 0 saturated carbocycles. The van der Waals surface area contributed by atoms with Gasteiger partial charge in [-0.15, -0.1) is 0 Å². The molecule has 1 aliphatic heterocycles. The summed E-state index contributed by atoms with van der Waals surface area (Å²) < 4.78 is 133. The average molecular weight is 404 g/mol. The molecule has 1 heterocycles. The molecule has 0 amide bonds. The number of rotatable bonds is 4. The number of alkyl halides is 9. The van der Waals surface area contributed by atoms with Gasteiger partial charge in [0.1, 0.15) is 0 Å². The first-order chi connectivity index (χ1) is 10.9. The van der Waals surface area contributed by atoms with E-state index in [0.29, 0.717) is 27.7 Å². The number of halogens is 9. The van der Waals surface area contributed by atoms with E-state index in [-0.39, 0.29) is 20.8 Å². The molecule has 0 aromatic heterocycles. The average Bonchev–Trinajstić information content (AvgIpc) is 2.54. The van der Waals surface area contributed by atoms with Gasteiger partial charge in [0.25, 0.3) is 17.5 Å². The second kappa shape index (κ2) is 5.42. The van der Waals surface area contributed by atoms with Crippen LogP contribution in [0.25, 0.3) is 0 Å². The van der Waals surface area contributed by atoms with Gasteiger partial charge in [-0.25, -0.2) is 17.6 Å². The highest BCUT2D eigenvalue weighted by atomic mass is 19.4. The van der Waals surface area contributed by atoms with Crippen molar-refractivity contribution in [1.82, 2.24) is 0 Å². The lowest BCUT2D eigenvalue weighted by Crippen LogP contribution is -2.66. The molecule has 0 spiro atoms. The SMILES string of the molecule is CC(F)(F)C(F)(F)C(C)(C)C(C)(C)C1(F)OC(C)(C(F)(F)F)OC1(C)F. The molecule has 1 fully saturated rings. The number of hydrogen-bond acceptors (Lipinski definition) is 2. The van der Waals surface area contributed by atoms with Gasteiger partial charge in [-0.2, -0.15) is 22.0 Å². The predicted octanol–water partition coefficient (Wildman–Crippen LogP) is 6.01. The van der Waals surface area contributed by atoms with Crippen LogP contribution >= 0.6 is 0 Å². The van der Waals surface area contributed by atoms with E-state index >= 15 is 4.39 Å². The Morgan fingerprint density at radius 1 is 0.692 bits per heavy atom. The zero-order chi connectivity index (χ0) is 21.4. The number of ether oxygens (including phenoxy) is 2. The summed E-state index contributed by atoms with van der Waals surface area (Å²) in [7, 11) is 0. The van der Waals surface area contributed by atoms with Crippen molar-refractivity contribution >= 4 is 0 Å². The van der Waals surface area contributed by atoms with Crippen LogP contribution in [0, 0.1) is 10.8 Å². The summed E-state index contributed by atoms with van der Waals surface area (Å²) in [6.45, 7) is 2.41. The molecule has 0 radical (unpaired) electrons. The van der Waals surface area contributed by atoms with Crippen LogP contribution in [-0.4, -0.2) is 35.5 Å². The fraction of sp³-hybridized carbons (Fsp3) is 1.00. The van der Waals surface area contributed by atoms with Crippen molar-refractivity contribution in [2.75, 3.05) is 0 Å². The molecule has 156 valence electrons. The molecule has 2 nitrogen and oxygen atoms in total. The Morgan fingerprint density at radius 2 is 1.08 bits per heavy atom. The molecular weight excluding hydrogens is 383 g/mol. The lowest BCUT2D eigenvalue weighted by atomic mass is 9.58. The van der Waals surface area contributed by atoms with Crippen molar-refractivity contribution < 1.29 is 49.0 Å². The van der Waals surface area contributed by atoms with E-state index in [1.165, 1.54) is 0 Å². The smallest absolute Gasteiger partial charge is 0.300 e. The lowest BCUT2D eigenvalue weighted by Gasteiger charge is -2.53. The highest BCUT2D eigenvalue weighted by Gasteiger charge is 2.82. The van der Waals surface area contributed by atoms with Gasteiger partial charge in [0.05, 0.1) is 0 Å². The molecule has 11 heteroatoms. The van der Waals surface area contributed by atoms with Crippen molar-refractivity contribution in [1.29, 1.82) is 0 Å². The normalized spacial score (nSPS) is 35.1. The van der Waals surface area contributed by atoms with Gasteiger partial charge in [-0.3, -0.25) is 4.74 Å². The summed E-state index contributed by atoms with van der Waals surface area (Å²) >= 11 is 0. The molecular formula is C15H21F9O2. The fourth-order valence-electron chi connectivity index (χ4n) is 2.96. The first-order valence-corrected chi connectivity index (χ1v) is 7.52. The van der Waals surface area contributed by atoms with Crippen molar-refractivity contribution in [3.8, 4) is 0 Å². The van der Waals surface area contributed by atoms with Crippen LogP contribution in [-0.2, 0) is 9.47 Å². The van der Waals surface area contributed by atoms with E-state index in [4.69, 9.17) is 0 Å². The van der Waals surface area contributed by atoms with Crippen molar-refractivity contribution in [3.63, 3.8) is 0 Å². The summed E-state index contributed by atoms with van der Waals surface area (Å²) in [5.74, 6) is -21.4. The van der Waals surface area contributed by atoms with Gasteiger partial charge < -0.3 is 4.74 Å². The molecule has 3 unspecified atom stereocenters. The third-order valence-corrected chi connectivity index (χ3v) is 5.51. The van der Waals surface area contributed by atoms with Gasteiger partial charge >= 0.3 is 18.0 Å². The maximum Gasteiger partial charge on any atom is 0.443 e. The van der Waals surface area contributed by atoms with Crippen LogP contribution in [0.5, 0.6) is 0 Å². The summed E-state index contributed by atoms with van der Waals surface area (Å²) in [5.41, 5.74) is -5.98. The van der Waals surface area contributed by atoms with Crippen molar-refractivity contribution in [3.05, 3.63) is 0 Å². The molecule has 0 aromatic rings. The molecule has 1 aliphatic rings. The molecule has 0 aromatic carbocycles. The van der Waals surface area contributed by atoms with Crippen molar-refractivity contribution in [2.24, 2.45) is 10.8 Å². The minimum absolute atomic E-state index is 0.129. The largest absolute Gasteiger partial charge is 0.443 e. The van der Waals surface area contributed by atoms with Crippen molar-refractivity contribution in [2.45, 2.75) is 84.0 Å². The monoisotopic (exact) mass is 404 g/mol. The second-order valence-corrected chi connectivity index (χ2v) is 7.87. The second-order valence-electron chi connectivity index (χ2n) is 7.87. The van der Waals surface area contributed by atoms with Gasteiger partial charge in [0.15, 0.2) is 0 Å². The van der Waals surface area contributed by atoms with E-state index in [1.807, 2.05) is 0 Å². The number of hydrogen-bond donors (Lipinski definition) is 0. The summed E-state index contributed by atoms with van der Waals surface area (Å²) in [6.07, 6.45) is -5.42. The van der Waals surface area contributed by atoms with Crippen LogP contribution in [0.4, 0.5) is 39.5 Å². The summed E-state index contributed by atoms with van der Waals surface area (Å²) in [5, 5.41) is 0. The van der Waals surface area contributed by atoms with Gasteiger partial charge in [0, 0.05) is 24.7 Å². The Bertz CT molecular complexity index is 562. The van der Waals surface area contributed by atoms with Crippen LogP contribution < -0.4 is 0 Å². The molecule has 3 atom stereocenters. The Kier molecular flexibility index (Phi) is 4.87. The van der Waals surface area contributed by atoms with Crippen LogP contribution in [0.2, 0.25) is 0 Å². The first-order valence-electron chi connectivity index (χ1n) is 7.52. The van der Waals surface area contributed by atoms with E-state index in [0.717, 1.165) is 0 Å². The highest BCUT2D eigenvalue weighted by Crippen LogP contribution is 2.67. The Labute approximate surface area is 145 Å². The molecule has 26 heavy (non-hydrogen) atoms. The Hall–Kier alpha value is -0.710. The van der Waals surface area contributed by atoms with Gasteiger partial charge in [0.2, 0.25) is 0 Å². The zero-order valence-corrected chi connectivity index (χ0v) is 15.2. The maximum atomic E-state index is 15.5. The molecule has 1 rings (SSSR count).